The van der Waals surface area contributed by atoms with Crippen molar-refractivity contribution >= 4 is 17.1 Å². The van der Waals surface area contributed by atoms with Crippen LogP contribution in [0.1, 0.15) is 29.5 Å². The minimum Gasteiger partial charge on any atom is -0.378 e. The van der Waals surface area contributed by atoms with E-state index in [1.54, 1.807) is 24.3 Å². The van der Waals surface area contributed by atoms with Crippen LogP contribution >= 0.6 is 0 Å². The Morgan fingerprint density at radius 1 is 0.960 bits per heavy atom. The minimum absolute atomic E-state index is 0.00904. The van der Waals surface area contributed by atoms with E-state index in [-0.39, 0.29) is 34.2 Å². The average Bonchev–Trinajstić information content (AvgIpc) is 3.10. The van der Waals surface area contributed by atoms with E-state index in [2.05, 4.69) is 17.5 Å². The van der Waals surface area contributed by atoms with Gasteiger partial charge in [-0.15, -0.1) is 0 Å². The van der Waals surface area contributed by atoms with Crippen LogP contribution in [0.2, 0.25) is 0 Å². The van der Waals surface area contributed by atoms with Crippen molar-refractivity contribution in [3.8, 4) is 0 Å². The first-order valence-corrected chi connectivity index (χ1v) is 8.00. The number of rotatable bonds is 3. The van der Waals surface area contributed by atoms with Gasteiger partial charge < -0.3 is 5.32 Å². The Bertz CT molecular complexity index is 892. The molecule has 3 atom stereocenters. The zero-order valence-corrected chi connectivity index (χ0v) is 13.2. The highest BCUT2D eigenvalue weighted by Crippen LogP contribution is 2.50. The number of hydrogen-bond acceptors (Lipinski definition) is 5. The molecule has 1 heterocycles. The normalized spacial score (nSPS) is 23.4. The largest absolute Gasteiger partial charge is 0.378 e. The molecular weight excluding hydrogens is 322 g/mol. The molecule has 0 saturated carbocycles. The summed E-state index contributed by atoms with van der Waals surface area (Å²) in [4.78, 5) is 21.1. The Kier molecular flexibility index (Phi) is 3.49. The van der Waals surface area contributed by atoms with Crippen LogP contribution in [0.3, 0.4) is 0 Å². The van der Waals surface area contributed by atoms with Crippen LogP contribution in [0, 0.1) is 26.1 Å². The molecule has 1 N–H and O–H groups in total. The van der Waals surface area contributed by atoms with E-state index in [0.717, 1.165) is 23.2 Å². The topological polar surface area (TPSA) is 98.3 Å². The Balaban J connectivity index is 1.72. The molecule has 2 aromatic carbocycles. The van der Waals surface area contributed by atoms with E-state index in [0.29, 0.717) is 0 Å². The lowest BCUT2D eigenvalue weighted by Gasteiger charge is -2.37. The second-order valence-corrected chi connectivity index (χ2v) is 6.35. The molecule has 7 nitrogen and oxygen atoms in total. The quantitative estimate of drug-likeness (QED) is 0.510. The van der Waals surface area contributed by atoms with Gasteiger partial charge in [-0.2, -0.15) is 0 Å². The molecule has 4 rings (SSSR count). The fourth-order valence-corrected chi connectivity index (χ4v) is 3.83. The van der Waals surface area contributed by atoms with Gasteiger partial charge >= 0.3 is 0 Å². The van der Waals surface area contributed by atoms with Gasteiger partial charge in [0, 0.05) is 35.9 Å². The Hall–Kier alpha value is -3.22. The van der Waals surface area contributed by atoms with Gasteiger partial charge in [0.05, 0.1) is 15.9 Å². The number of nitrogens with one attached hydrogen (secondary N) is 1. The molecule has 7 heteroatoms. The number of nitro benzene ring substituents is 2. The van der Waals surface area contributed by atoms with E-state index < -0.39 is 4.92 Å². The highest BCUT2D eigenvalue weighted by Gasteiger charge is 2.38. The zero-order chi connectivity index (χ0) is 17.6. The van der Waals surface area contributed by atoms with Crippen molar-refractivity contribution in [2.75, 3.05) is 5.32 Å². The number of anilines is 1. The maximum Gasteiger partial charge on any atom is 0.269 e. The summed E-state index contributed by atoms with van der Waals surface area (Å²) in [7, 11) is 0. The fraction of sp³-hybridized carbons (Fsp3) is 0.222. The van der Waals surface area contributed by atoms with E-state index in [1.165, 1.54) is 18.2 Å². The van der Waals surface area contributed by atoms with Crippen LogP contribution < -0.4 is 5.32 Å². The lowest BCUT2D eigenvalue weighted by atomic mass is 9.77. The Morgan fingerprint density at radius 3 is 2.32 bits per heavy atom. The fourth-order valence-electron chi connectivity index (χ4n) is 3.83. The number of benzene rings is 2. The number of hydrogen-bond donors (Lipinski definition) is 1. The summed E-state index contributed by atoms with van der Waals surface area (Å²) in [6.45, 7) is 0. The number of nitro groups is 2. The molecule has 25 heavy (non-hydrogen) atoms. The van der Waals surface area contributed by atoms with E-state index >= 15 is 0 Å². The standard InChI is InChI=1S/C18H15N3O4/c22-20(23)12-6-4-11(5-7-12)18-15-3-1-2-14(15)16-10-13(21(24)25)8-9-17(16)19-18/h1-2,4-10,14-15,18-19H,3H2/t14-,15-,18-/m1/s1. The molecule has 0 amide bonds. The monoisotopic (exact) mass is 337 g/mol. The molecule has 0 saturated heterocycles. The molecular formula is C18H15N3O4. The summed E-state index contributed by atoms with van der Waals surface area (Å²) in [6, 6.07) is 11.5. The lowest BCUT2D eigenvalue weighted by molar-refractivity contribution is -0.385. The van der Waals surface area contributed by atoms with Gasteiger partial charge in [0.1, 0.15) is 0 Å². The maximum absolute atomic E-state index is 11.1. The summed E-state index contributed by atoms with van der Waals surface area (Å²) < 4.78 is 0. The molecule has 1 aliphatic carbocycles. The molecule has 2 aliphatic rings. The summed E-state index contributed by atoms with van der Waals surface area (Å²) in [5.41, 5.74) is 2.95. The number of fused-ring (bicyclic) bond motifs is 3. The van der Waals surface area contributed by atoms with Gasteiger partial charge in [0.2, 0.25) is 0 Å². The predicted octanol–water partition coefficient (Wildman–Crippen LogP) is 4.33. The lowest BCUT2D eigenvalue weighted by Crippen LogP contribution is -2.29. The molecule has 0 unspecified atom stereocenters. The number of allylic oxidation sites excluding steroid dienone is 2. The van der Waals surface area contributed by atoms with Gasteiger partial charge in [0.25, 0.3) is 11.4 Å². The molecule has 126 valence electrons. The molecule has 2 aromatic rings. The van der Waals surface area contributed by atoms with Gasteiger partial charge in [-0.3, -0.25) is 20.2 Å². The second kappa shape index (κ2) is 5.70. The van der Waals surface area contributed by atoms with Gasteiger partial charge in [-0.05, 0) is 29.5 Å². The summed E-state index contributed by atoms with van der Waals surface area (Å²) in [6.07, 6.45) is 5.07. The van der Waals surface area contributed by atoms with Crippen molar-refractivity contribution < 1.29 is 9.85 Å². The summed E-state index contributed by atoms with van der Waals surface area (Å²) in [5, 5.41) is 25.4. The SMILES string of the molecule is O=[N+]([O-])c1ccc([C@H]2Nc3ccc([N+](=O)[O-])cc3[C@@H]3C=CC[C@@H]23)cc1. The van der Waals surface area contributed by atoms with Crippen molar-refractivity contribution in [1.82, 2.24) is 0 Å². The third-order valence-corrected chi connectivity index (χ3v) is 5.02. The first kappa shape index (κ1) is 15.3. The highest BCUT2D eigenvalue weighted by atomic mass is 16.6. The molecule has 0 spiro atoms. The van der Waals surface area contributed by atoms with E-state index in [4.69, 9.17) is 0 Å². The third kappa shape index (κ3) is 2.53. The van der Waals surface area contributed by atoms with Crippen molar-refractivity contribution in [2.24, 2.45) is 5.92 Å². The molecule has 1 aliphatic heterocycles. The minimum atomic E-state index is -0.410. The van der Waals surface area contributed by atoms with E-state index in [1.807, 2.05) is 0 Å². The Labute approximate surface area is 143 Å². The van der Waals surface area contributed by atoms with Gasteiger partial charge in [0.15, 0.2) is 0 Å². The maximum atomic E-state index is 11.1. The molecule has 0 radical (unpaired) electrons. The number of nitrogens with zero attached hydrogens (tertiary/aromatic N) is 2. The number of non-ortho nitro benzene ring substituents is 2. The third-order valence-electron chi connectivity index (χ3n) is 5.02. The average molecular weight is 337 g/mol. The van der Waals surface area contributed by atoms with Crippen LogP contribution in [0.5, 0.6) is 0 Å². The van der Waals surface area contributed by atoms with Crippen LogP contribution in [0.4, 0.5) is 17.1 Å². The predicted molar refractivity (Wildman–Crippen MR) is 92.5 cm³/mol. The molecule has 0 fully saturated rings. The highest BCUT2D eigenvalue weighted by molar-refractivity contribution is 5.63. The molecule has 0 bridgehead atoms. The van der Waals surface area contributed by atoms with Crippen LogP contribution in [0.25, 0.3) is 0 Å². The van der Waals surface area contributed by atoms with Crippen molar-refractivity contribution in [1.29, 1.82) is 0 Å². The van der Waals surface area contributed by atoms with Crippen LogP contribution in [0.15, 0.2) is 54.6 Å². The smallest absolute Gasteiger partial charge is 0.269 e. The summed E-state index contributed by atoms with van der Waals surface area (Å²) in [5.74, 6) is 0.340. The van der Waals surface area contributed by atoms with Gasteiger partial charge in [-0.25, -0.2) is 0 Å². The van der Waals surface area contributed by atoms with Crippen molar-refractivity contribution in [3.63, 3.8) is 0 Å². The van der Waals surface area contributed by atoms with E-state index in [9.17, 15) is 20.2 Å². The first-order valence-electron chi connectivity index (χ1n) is 8.00. The van der Waals surface area contributed by atoms with Crippen LogP contribution in [-0.4, -0.2) is 9.85 Å². The molecule has 0 aromatic heterocycles. The second-order valence-electron chi connectivity index (χ2n) is 6.35. The zero-order valence-electron chi connectivity index (χ0n) is 13.2. The summed E-state index contributed by atoms with van der Waals surface area (Å²) >= 11 is 0. The van der Waals surface area contributed by atoms with Crippen molar-refractivity contribution in [2.45, 2.75) is 18.4 Å². The first-order chi connectivity index (χ1) is 12.0. The van der Waals surface area contributed by atoms with Crippen LogP contribution in [-0.2, 0) is 0 Å². The Morgan fingerprint density at radius 2 is 1.64 bits per heavy atom. The van der Waals surface area contributed by atoms with Crippen molar-refractivity contribution in [3.05, 3.63) is 86.0 Å². The van der Waals surface area contributed by atoms with Gasteiger partial charge in [-0.1, -0.05) is 24.3 Å².